The molecule has 0 aromatic heterocycles. The zero-order valence-corrected chi connectivity index (χ0v) is 15.9. The molecule has 0 aliphatic rings. The minimum Gasteiger partial charge on any atom is -0.492 e. The van der Waals surface area contributed by atoms with Crippen molar-refractivity contribution in [3.8, 4) is 5.75 Å². The topological polar surface area (TPSA) is 55.4 Å². The minimum absolute atomic E-state index is 0.104. The molecule has 0 aliphatic carbocycles. The number of benzene rings is 2. The molecule has 4 nitrogen and oxygen atoms in total. The molecule has 1 N–H and O–H groups in total. The molecule has 0 unspecified atom stereocenters. The molecule has 1 atom stereocenters. The molecule has 124 valence electrons. The largest absolute Gasteiger partial charge is 0.492 e. The van der Waals surface area contributed by atoms with Gasteiger partial charge in [0.15, 0.2) is 0 Å². The van der Waals surface area contributed by atoms with Gasteiger partial charge in [-0.25, -0.2) is 13.1 Å². The molecule has 0 saturated carbocycles. The van der Waals surface area contributed by atoms with E-state index < -0.39 is 10.0 Å². The van der Waals surface area contributed by atoms with E-state index in [4.69, 9.17) is 16.3 Å². The highest BCUT2D eigenvalue weighted by molar-refractivity contribution is 9.10. The number of ether oxygens (including phenoxy) is 1. The summed E-state index contributed by atoms with van der Waals surface area (Å²) >= 11 is 9.44. The van der Waals surface area contributed by atoms with Crippen LogP contribution >= 0.6 is 27.5 Å². The molecule has 0 amide bonds. The molecule has 0 radical (unpaired) electrons. The Labute approximate surface area is 150 Å². The first-order chi connectivity index (χ1) is 10.8. The average Bonchev–Trinajstić information content (AvgIpc) is 2.49. The second-order valence-electron chi connectivity index (χ2n) is 4.92. The summed E-state index contributed by atoms with van der Waals surface area (Å²) in [5.74, 6) is 0.466. The Kier molecular flexibility index (Phi) is 6.08. The first-order valence-corrected chi connectivity index (χ1v) is 9.69. The summed E-state index contributed by atoms with van der Waals surface area (Å²) in [7, 11) is -3.68. The van der Waals surface area contributed by atoms with Gasteiger partial charge in [0.25, 0.3) is 0 Å². The summed E-state index contributed by atoms with van der Waals surface area (Å²) in [4.78, 5) is 0.104. The van der Waals surface area contributed by atoms with Crippen LogP contribution in [0.4, 0.5) is 0 Å². The van der Waals surface area contributed by atoms with E-state index in [9.17, 15) is 8.42 Å². The van der Waals surface area contributed by atoms with Gasteiger partial charge in [0.1, 0.15) is 5.75 Å². The third-order valence-corrected chi connectivity index (χ3v) is 5.52. The Morgan fingerprint density at radius 2 is 2.00 bits per heavy atom. The van der Waals surface area contributed by atoms with Crippen LogP contribution in [0.15, 0.2) is 51.8 Å². The fourth-order valence-electron chi connectivity index (χ4n) is 2.07. The first-order valence-electron chi connectivity index (χ1n) is 7.03. The van der Waals surface area contributed by atoms with Crippen LogP contribution in [0.25, 0.3) is 0 Å². The zero-order chi connectivity index (χ0) is 17.0. The molecular formula is C16H17BrClNO3S. The Bertz CT molecular complexity index is 796. The van der Waals surface area contributed by atoms with Crippen molar-refractivity contribution >= 4 is 37.6 Å². The van der Waals surface area contributed by atoms with Crippen molar-refractivity contribution in [3.05, 3.63) is 57.5 Å². The molecule has 2 aromatic carbocycles. The van der Waals surface area contributed by atoms with Crippen LogP contribution in [-0.2, 0) is 10.0 Å². The minimum atomic E-state index is -3.68. The van der Waals surface area contributed by atoms with Crippen LogP contribution < -0.4 is 9.46 Å². The van der Waals surface area contributed by atoms with Gasteiger partial charge in [-0.2, -0.15) is 0 Å². The zero-order valence-electron chi connectivity index (χ0n) is 12.7. The molecule has 7 heteroatoms. The monoisotopic (exact) mass is 417 g/mol. The second kappa shape index (κ2) is 7.66. The normalized spacial score (nSPS) is 12.9. The summed E-state index contributed by atoms with van der Waals surface area (Å²) in [6.07, 6.45) is 0. The Hall–Kier alpha value is -1.08. The predicted molar refractivity (Wildman–Crippen MR) is 95.5 cm³/mol. The quantitative estimate of drug-likeness (QED) is 0.749. The van der Waals surface area contributed by atoms with Gasteiger partial charge >= 0.3 is 0 Å². The van der Waals surface area contributed by atoms with E-state index in [0.717, 1.165) is 10.0 Å². The Balaban J connectivity index is 2.23. The van der Waals surface area contributed by atoms with Gasteiger partial charge in [-0.05, 0) is 49.7 Å². The molecule has 2 aromatic rings. The fourth-order valence-corrected chi connectivity index (χ4v) is 4.04. The third-order valence-electron chi connectivity index (χ3n) is 3.19. The molecule has 0 bridgehead atoms. The van der Waals surface area contributed by atoms with Crippen molar-refractivity contribution < 1.29 is 13.2 Å². The fraction of sp³-hybridized carbons (Fsp3) is 0.250. The SMILES string of the molecule is CCOc1ccc(S(=O)(=O)N[C@@H](C)c2cccc(Br)c2)cc1Cl. The van der Waals surface area contributed by atoms with E-state index in [1.165, 1.54) is 12.1 Å². The summed E-state index contributed by atoms with van der Waals surface area (Å²) in [6, 6.07) is 11.5. The van der Waals surface area contributed by atoms with E-state index >= 15 is 0 Å². The predicted octanol–water partition coefficient (Wildman–Crippen LogP) is 4.54. The summed E-state index contributed by atoms with van der Waals surface area (Å²) < 4.78 is 33.9. The molecule has 0 spiro atoms. The van der Waals surface area contributed by atoms with Crippen molar-refractivity contribution in [2.45, 2.75) is 24.8 Å². The lowest BCUT2D eigenvalue weighted by Crippen LogP contribution is -2.26. The van der Waals surface area contributed by atoms with E-state index in [2.05, 4.69) is 20.7 Å². The molecular weight excluding hydrogens is 402 g/mol. The van der Waals surface area contributed by atoms with Crippen LogP contribution in [0.1, 0.15) is 25.5 Å². The number of nitrogens with one attached hydrogen (secondary N) is 1. The van der Waals surface area contributed by atoms with E-state index in [1.807, 2.05) is 31.2 Å². The average molecular weight is 419 g/mol. The molecule has 0 saturated heterocycles. The first kappa shape index (κ1) is 18.3. The van der Waals surface area contributed by atoms with E-state index in [0.29, 0.717) is 12.4 Å². The molecule has 23 heavy (non-hydrogen) atoms. The maximum Gasteiger partial charge on any atom is 0.241 e. The second-order valence-corrected chi connectivity index (χ2v) is 7.96. The van der Waals surface area contributed by atoms with Gasteiger partial charge in [-0.15, -0.1) is 0 Å². The van der Waals surface area contributed by atoms with Crippen molar-refractivity contribution in [2.75, 3.05) is 6.61 Å². The molecule has 0 fully saturated rings. The number of halogens is 2. The smallest absolute Gasteiger partial charge is 0.241 e. The van der Waals surface area contributed by atoms with E-state index in [-0.39, 0.29) is 16.0 Å². The number of hydrogen-bond acceptors (Lipinski definition) is 3. The van der Waals surface area contributed by atoms with Crippen LogP contribution in [-0.4, -0.2) is 15.0 Å². The molecule has 0 heterocycles. The van der Waals surface area contributed by atoms with Crippen LogP contribution in [0.5, 0.6) is 5.75 Å². The highest BCUT2D eigenvalue weighted by Crippen LogP contribution is 2.28. The lowest BCUT2D eigenvalue weighted by atomic mass is 10.1. The summed E-state index contributed by atoms with van der Waals surface area (Å²) in [5.41, 5.74) is 0.861. The van der Waals surface area contributed by atoms with E-state index in [1.54, 1.807) is 13.0 Å². The number of hydrogen-bond donors (Lipinski definition) is 1. The maximum absolute atomic E-state index is 12.5. The van der Waals surface area contributed by atoms with Crippen LogP contribution in [0, 0.1) is 0 Å². The van der Waals surface area contributed by atoms with Gasteiger partial charge in [0.2, 0.25) is 10.0 Å². The number of rotatable bonds is 6. The van der Waals surface area contributed by atoms with Gasteiger partial charge in [-0.3, -0.25) is 0 Å². The van der Waals surface area contributed by atoms with Crippen molar-refractivity contribution in [1.82, 2.24) is 4.72 Å². The summed E-state index contributed by atoms with van der Waals surface area (Å²) in [6.45, 7) is 4.09. The van der Waals surface area contributed by atoms with Gasteiger partial charge in [-0.1, -0.05) is 39.7 Å². The van der Waals surface area contributed by atoms with Crippen molar-refractivity contribution in [2.24, 2.45) is 0 Å². The molecule has 0 aliphatic heterocycles. The highest BCUT2D eigenvalue weighted by Gasteiger charge is 2.20. The summed E-state index contributed by atoms with van der Waals surface area (Å²) in [5, 5.41) is 0.268. The van der Waals surface area contributed by atoms with Crippen LogP contribution in [0.3, 0.4) is 0 Å². The Morgan fingerprint density at radius 1 is 1.26 bits per heavy atom. The van der Waals surface area contributed by atoms with Crippen LogP contribution in [0.2, 0.25) is 5.02 Å². The standard InChI is InChI=1S/C16H17BrClNO3S/c1-3-22-16-8-7-14(10-15(16)18)23(20,21)19-11(2)12-5-4-6-13(17)9-12/h4-11,19H,3H2,1-2H3/t11-/m0/s1. The van der Waals surface area contributed by atoms with Gasteiger partial charge in [0.05, 0.1) is 16.5 Å². The van der Waals surface area contributed by atoms with Crippen molar-refractivity contribution in [3.63, 3.8) is 0 Å². The highest BCUT2D eigenvalue weighted by atomic mass is 79.9. The lowest BCUT2D eigenvalue weighted by molar-refractivity contribution is 0.340. The van der Waals surface area contributed by atoms with Gasteiger partial charge < -0.3 is 4.74 Å². The lowest BCUT2D eigenvalue weighted by Gasteiger charge is -2.15. The Morgan fingerprint density at radius 3 is 2.61 bits per heavy atom. The third kappa shape index (κ3) is 4.70. The number of sulfonamides is 1. The molecule has 2 rings (SSSR count). The maximum atomic E-state index is 12.5. The van der Waals surface area contributed by atoms with Gasteiger partial charge in [0, 0.05) is 10.5 Å². The van der Waals surface area contributed by atoms with Crippen molar-refractivity contribution in [1.29, 1.82) is 0 Å².